The van der Waals surface area contributed by atoms with Crippen molar-refractivity contribution >= 4 is 17.8 Å². The molecule has 1 aromatic rings. The fourth-order valence-electron chi connectivity index (χ4n) is 1.40. The third kappa shape index (κ3) is 4.62. The van der Waals surface area contributed by atoms with E-state index in [4.69, 9.17) is 20.2 Å². The Morgan fingerprint density at radius 3 is 2.14 bits per heavy atom. The Kier molecular flexibility index (Phi) is 5.44. The van der Waals surface area contributed by atoms with E-state index in [1.807, 2.05) is 0 Å². The standard InChI is InChI=1S/C13H13NO7/c1-21-14(11(16)6-10(15)13(19)20)7-8-2-4-9(5-3-8)12(17)18/h2-6,15H,7H2,1H3,(H,17,18)(H,19,20). The molecular weight excluding hydrogens is 282 g/mol. The summed E-state index contributed by atoms with van der Waals surface area (Å²) in [6, 6.07) is 5.70. The minimum atomic E-state index is -1.63. The fraction of sp³-hybridized carbons (Fsp3) is 0.154. The van der Waals surface area contributed by atoms with Gasteiger partial charge in [0.05, 0.1) is 25.3 Å². The lowest BCUT2D eigenvalue weighted by Gasteiger charge is -2.18. The summed E-state index contributed by atoms with van der Waals surface area (Å²) >= 11 is 0. The molecular formula is C13H13NO7. The van der Waals surface area contributed by atoms with Crippen LogP contribution < -0.4 is 0 Å². The molecule has 0 atom stereocenters. The number of carboxylic acid groups (broad SMARTS) is 2. The molecule has 0 heterocycles. The first-order valence-electron chi connectivity index (χ1n) is 5.67. The SMILES string of the molecule is CON(Cc1ccc(C(=O)O)cc1)C(=O)C=C(O)C(=O)O. The van der Waals surface area contributed by atoms with Crippen LogP contribution in [0.2, 0.25) is 0 Å². The number of benzene rings is 1. The van der Waals surface area contributed by atoms with Crippen LogP contribution in [0.3, 0.4) is 0 Å². The van der Waals surface area contributed by atoms with Gasteiger partial charge in [0.25, 0.3) is 5.91 Å². The number of carbonyl (C=O) groups excluding carboxylic acids is 1. The summed E-state index contributed by atoms with van der Waals surface area (Å²) < 4.78 is 0. The van der Waals surface area contributed by atoms with Gasteiger partial charge in [0.1, 0.15) is 0 Å². The number of hydrogen-bond donors (Lipinski definition) is 3. The van der Waals surface area contributed by atoms with Crippen molar-refractivity contribution in [1.29, 1.82) is 0 Å². The van der Waals surface area contributed by atoms with Crippen LogP contribution in [0.15, 0.2) is 36.1 Å². The Morgan fingerprint density at radius 2 is 1.71 bits per heavy atom. The normalized spacial score (nSPS) is 11.0. The summed E-state index contributed by atoms with van der Waals surface area (Å²) in [6.45, 7) is -0.0430. The van der Waals surface area contributed by atoms with Crippen molar-refractivity contribution < 1.29 is 34.5 Å². The number of rotatable bonds is 6. The first-order valence-corrected chi connectivity index (χ1v) is 5.67. The van der Waals surface area contributed by atoms with Gasteiger partial charge in [0.15, 0.2) is 0 Å². The average molecular weight is 295 g/mol. The van der Waals surface area contributed by atoms with Crippen molar-refractivity contribution in [3.05, 3.63) is 47.2 Å². The second kappa shape index (κ2) is 7.06. The number of carbonyl (C=O) groups is 3. The zero-order valence-electron chi connectivity index (χ0n) is 11.0. The summed E-state index contributed by atoms with van der Waals surface area (Å²) in [5, 5.41) is 27.0. The largest absolute Gasteiger partial charge is 0.502 e. The van der Waals surface area contributed by atoms with Gasteiger partial charge in [0, 0.05) is 0 Å². The van der Waals surface area contributed by atoms with Gasteiger partial charge < -0.3 is 15.3 Å². The zero-order chi connectivity index (χ0) is 16.0. The summed E-state index contributed by atoms with van der Waals surface area (Å²) in [7, 11) is 1.20. The highest BCUT2D eigenvalue weighted by Crippen LogP contribution is 2.09. The molecule has 0 radical (unpaired) electrons. The molecule has 0 aromatic heterocycles. The fourth-order valence-corrected chi connectivity index (χ4v) is 1.40. The Balaban J connectivity index is 2.82. The van der Waals surface area contributed by atoms with Gasteiger partial charge in [-0.2, -0.15) is 0 Å². The van der Waals surface area contributed by atoms with Gasteiger partial charge in [-0.3, -0.25) is 9.63 Å². The number of carboxylic acids is 2. The van der Waals surface area contributed by atoms with E-state index in [0.717, 1.165) is 5.06 Å². The Labute approximate surface area is 119 Å². The molecule has 112 valence electrons. The van der Waals surface area contributed by atoms with E-state index in [1.54, 1.807) is 0 Å². The van der Waals surface area contributed by atoms with Crippen molar-refractivity contribution in [1.82, 2.24) is 5.06 Å². The van der Waals surface area contributed by atoms with E-state index in [9.17, 15) is 14.4 Å². The van der Waals surface area contributed by atoms with Crippen molar-refractivity contribution in [3.63, 3.8) is 0 Å². The molecule has 0 unspecified atom stereocenters. The second-order valence-corrected chi connectivity index (χ2v) is 3.89. The number of aliphatic carboxylic acids is 1. The second-order valence-electron chi connectivity index (χ2n) is 3.89. The molecule has 3 N–H and O–H groups in total. The average Bonchev–Trinajstić information content (AvgIpc) is 2.44. The molecule has 0 aliphatic carbocycles. The van der Waals surface area contributed by atoms with E-state index >= 15 is 0 Å². The lowest BCUT2D eigenvalue weighted by Crippen LogP contribution is -2.28. The maximum atomic E-state index is 11.7. The monoisotopic (exact) mass is 295 g/mol. The van der Waals surface area contributed by atoms with Gasteiger partial charge >= 0.3 is 11.9 Å². The van der Waals surface area contributed by atoms with Crippen LogP contribution in [0.1, 0.15) is 15.9 Å². The first-order chi connectivity index (χ1) is 9.85. The number of amides is 1. The number of aliphatic hydroxyl groups excluding tert-OH is 1. The lowest BCUT2D eigenvalue weighted by molar-refractivity contribution is -0.173. The van der Waals surface area contributed by atoms with Crippen LogP contribution in [-0.2, 0) is 21.0 Å². The minimum absolute atomic E-state index is 0.0430. The highest BCUT2D eigenvalue weighted by Gasteiger charge is 2.15. The van der Waals surface area contributed by atoms with Gasteiger partial charge in [0.2, 0.25) is 5.76 Å². The van der Waals surface area contributed by atoms with Crippen molar-refractivity contribution in [2.24, 2.45) is 0 Å². The third-order valence-electron chi connectivity index (χ3n) is 2.47. The third-order valence-corrected chi connectivity index (χ3v) is 2.47. The Morgan fingerprint density at radius 1 is 1.14 bits per heavy atom. The number of aliphatic hydroxyl groups is 1. The number of aromatic carboxylic acids is 1. The summed E-state index contributed by atoms with van der Waals surface area (Å²) in [5.74, 6) is -4.68. The molecule has 0 saturated heterocycles. The predicted molar refractivity (Wildman–Crippen MR) is 69.3 cm³/mol. The Bertz CT molecular complexity index is 577. The molecule has 1 aromatic carbocycles. The van der Waals surface area contributed by atoms with Crippen LogP contribution in [0.25, 0.3) is 0 Å². The number of hydrogen-bond acceptors (Lipinski definition) is 5. The lowest BCUT2D eigenvalue weighted by atomic mass is 10.1. The maximum Gasteiger partial charge on any atom is 0.371 e. The number of hydroxylamine groups is 2. The Hall–Kier alpha value is -2.87. The van der Waals surface area contributed by atoms with E-state index in [2.05, 4.69) is 0 Å². The van der Waals surface area contributed by atoms with Crippen LogP contribution in [0.5, 0.6) is 0 Å². The van der Waals surface area contributed by atoms with Crippen molar-refractivity contribution in [3.8, 4) is 0 Å². The molecule has 0 aliphatic heterocycles. The maximum absolute atomic E-state index is 11.7. The highest BCUT2D eigenvalue weighted by molar-refractivity contribution is 5.95. The molecule has 21 heavy (non-hydrogen) atoms. The van der Waals surface area contributed by atoms with Gasteiger partial charge in [-0.15, -0.1) is 0 Å². The predicted octanol–water partition coefficient (Wildman–Crippen LogP) is 0.801. The first kappa shape index (κ1) is 16.2. The minimum Gasteiger partial charge on any atom is -0.502 e. The molecule has 0 bridgehead atoms. The summed E-state index contributed by atoms with van der Waals surface area (Å²) in [4.78, 5) is 37.6. The van der Waals surface area contributed by atoms with Crippen LogP contribution in [-0.4, -0.2) is 45.3 Å². The van der Waals surface area contributed by atoms with Crippen molar-refractivity contribution in [2.75, 3.05) is 7.11 Å². The topological polar surface area (TPSA) is 124 Å². The zero-order valence-corrected chi connectivity index (χ0v) is 11.0. The van der Waals surface area contributed by atoms with E-state index < -0.39 is 23.6 Å². The van der Waals surface area contributed by atoms with E-state index in [0.29, 0.717) is 11.6 Å². The van der Waals surface area contributed by atoms with Crippen LogP contribution in [0.4, 0.5) is 0 Å². The van der Waals surface area contributed by atoms with E-state index in [1.165, 1.54) is 31.4 Å². The molecule has 8 nitrogen and oxygen atoms in total. The molecule has 1 amide bonds. The van der Waals surface area contributed by atoms with Crippen molar-refractivity contribution in [2.45, 2.75) is 6.54 Å². The number of nitrogens with zero attached hydrogens (tertiary/aromatic N) is 1. The van der Waals surface area contributed by atoms with Gasteiger partial charge in [-0.05, 0) is 17.7 Å². The quantitative estimate of drug-likeness (QED) is 0.403. The highest BCUT2D eigenvalue weighted by atomic mass is 16.7. The molecule has 1 rings (SSSR count). The molecule has 0 saturated carbocycles. The van der Waals surface area contributed by atoms with E-state index in [-0.39, 0.29) is 12.1 Å². The molecule has 0 spiro atoms. The smallest absolute Gasteiger partial charge is 0.371 e. The molecule has 8 heteroatoms. The van der Waals surface area contributed by atoms with Crippen LogP contribution >= 0.6 is 0 Å². The van der Waals surface area contributed by atoms with Gasteiger partial charge in [-0.1, -0.05) is 12.1 Å². The van der Waals surface area contributed by atoms with Crippen LogP contribution in [0, 0.1) is 0 Å². The molecule has 0 aliphatic rings. The molecule has 0 fully saturated rings. The summed E-state index contributed by atoms with van der Waals surface area (Å²) in [6.07, 6.45) is 0.511. The summed E-state index contributed by atoms with van der Waals surface area (Å²) in [5.41, 5.74) is 0.663. The van der Waals surface area contributed by atoms with Gasteiger partial charge in [-0.25, -0.2) is 14.7 Å².